The third-order valence-electron chi connectivity index (χ3n) is 4.45. The molecule has 29 heavy (non-hydrogen) atoms. The van der Waals surface area contributed by atoms with Gasteiger partial charge in [0.1, 0.15) is 17.3 Å². The molecule has 1 heterocycles. The van der Waals surface area contributed by atoms with Crippen LogP contribution >= 0.6 is 0 Å². The van der Waals surface area contributed by atoms with Crippen LogP contribution < -0.4 is 10.1 Å². The Balaban J connectivity index is 1.74. The highest BCUT2D eigenvalue weighted by Crippen LogP contribution is 2.26. The molecule has 4 rings (SSSR count). The zero-order valence-electron chi connectivity index (χ0n) is 15.7. The van der Waals surface area contributed by atoms with Crippen molar-refractivity contribution in [3.05, 3.63) is 96.4 Å². The van der Waals surface area contributed by atoms with E-state index >= 15 is 0 Å². The van der Waals surface area contributed by atoms with Crippen LogP contribution in [0.5, 0.6) is 5.75 Å². The Morgan fingerprint density at radius 2 is 1.66 bits per heavy atom. The number of halogens is 1. The number of aromatic nitrogens is 2. The molecule has 1 amide bonds. The van der Waals surface area contributed by atoms with Gasteiger partial charge in [-0.3, -0.25) is 4.79 Å². The fourth-order valence-electron chi connectivity index (χ4n) is 2.95. The van der Waals surface area contributed by atoms with Gasteiger partial charge in [-0.25, -0.2) is 9.07 Å². The maximum Gasteiger partial charge on any atom is 0.259 e. The van der Waals surface area contributed by atoms with Crippen LogP contribution in [0.4, 0.5) is 10.1 Å². The minimum atomic E-state index is -0.362. The Labute approximate surface area is 167 Å². The molecule has 144 valence electrons. The van der Waals surface area contributed by atoms with Gasteiger partial charge in [0.15, 0.2) is 0 Å². The van der Waals surface area contributed by atoms with Gasteiger partial charge in [0.05, 0.1) is 18.4 Å². The van der Waals surface area contributed by atoms with Gasteiger partial charge in [0, 0.05) is 17.4 Å². The molecular formula is C23H18FN3O2. The minimum Gasteiger partial charge on any atom is -0.497 e. The number of anilines is 1. The molecular weight excluding hydrogens is 369 g/mol. The minimum absolute atomic E-state index is 0.329. The van der Waals surface area contributed by atoms with Crippen LogP contribution in [-0.2, 0) is 0 Å². The van der Waals surface area contributed by atoms with Gasteiger partial charge in [0.2, 0.25) is 0 Å². The lowest BCUT2D eigenvalue weighted by Gasteiger charge is -2.06. The average Bonchev–Trinajstić information content (AvgIpc) is 3.22. The van der Waals surface area contributed by atoms with Gasteiger partial charge in [-0.2, -0.15) is 5.10 Å². The number of carbonyl (C=O) groups excluding carboxylic acids is 1. The number of benzene rings is 3. The van der Waals surface area contributed by atoms with Crippen LogP contribution in [0.3, 0.4) is 0 Å². The summed E-state index contributed by atoms with van der Waals surface area (Å²) in [6, 6.07) is 22.5. The van der Waals surface area contributed by atoms with Crippen molar-refractivity contribution in [3.8, 4) is 22.7 Å². The number of amides is 1. The zero-order chi connectivity index (χ0) is 20.2. The van der Waals surface area contributed by atoms with Crippen LogP contribution in [-0.4, -0.2) is 22.8 Å². The summed E-state index contributed by atoms with van der Waals surface area (Å²) < 4.78 is 20.0. The lowest BCUT2D eigenvalue weighted by atomic mass is 10.1. The van der Waals surface area contributed by atoms with Gasteiger partial charge in [-0.1, -0.05) is 18.2 Å². The smallest absolute Gasteiger partial charge is 0.259 e. The monoisotopic (exact) mass is 387 g/mol. The van der Waals surface area contributed by atoms with E-state index in [0.717, 1.165) is 11.3 Å². The number of rotatable bonds is 5. The number of hydrogen-bond donors (Lipinski definition) is 1. The largest absolute Gasteiger partial charge is 0.497 e. The fourth-order valence-corrected chi connectivity index (χ4v) is 2.95. The van der Waals surface area contributed by atoms with Gasteiger partial charge in [0.25, 0.3) is 5.91 Å². The van der Waals surface area contributed by atoms with Crippen LogP contribution in [0.2, 0.25) is 0 Å². The first-order valence-electron chi connectivity index (χ1n) is 9.00. The summed E-state index contributed by atoms with van der Waals surface area (Å²) >= 11 is 0. The van der Waals surface area contributed by atoms with E-state index in [1.165, 1.54) is 24.3 Å². The van der Waals surface area contributed by atoms with Crippen molar-refractivity contribution in [1.29, 1.82) is 0 Å². The zero-order valence-corrected chi connectivity index (χ0v) is 15.7. The molecule has 0 saturated carbocycles. The maximum absolute atomic E-state index is 13.1. The summed E-state index contributed by atoms with van der Waals surface area (Å²) in [5, 5.41) is 7.44. The second kappa shape index (κ2) is 7.98. The second-order valence-electron chi connectivity index (χ2n) is 6.36. The Morgan fingerprint density at radius 3 is 2.31 bits per heavy atom. The summed E-state index contributed by atoms with van der Waals surface area (Å²) in [6.07, 6.45) is 1.69. The molecule has 0 bridgehead atoms. The number of para-hydroxylation sites is 1. The van der Waals surface area contributed by atoms with Gasteiger partial charge in [-0.15, -0.1) is 0 Å². The van der Waals surface area contributed by atoms with Crippen LogP contribution in [0.15, 0.2) is 85.1 Å². The Morgan fingerprint density at radius 1 is 0.966 bits per heavy atom. The highest BCUT2D eigenvalue weighted by atomic mass is 19.1. The highest BCUT2D eigenvalue weighted by molar-refractivity contribution is 6.08. The second-order valence-corrected chi connectivity index (χ2v) is 6.36. The molecule has 5 nitrogen and oxygen atoms in total. The predicted octanol–water partition coefficient (Wildman–Crippen LogP) is 4.94. The quantitative estimate of drug-likeness (QED) is 0.528. The number of carbonyl (C=O) groups is 1. The average molecular weight is 387 g/mol. The van der Waals surface area contributed by atoms with E-state index in [9.17, 15) is 9.18 Å². The van der Waals surface area contributed by atoms with E-state index in [-0.39, 0.29) is 11.7 Å². The topological polar surface area (TPSA) is 56.2 Å². The van der Waals surface area contributed by atoms with Gasteiger partial charge >= 0.3 is 0 Å². The SMILES string of the molecule is COc1ccc(-c2nn(-c3ccccc3)cc2C(=O)Nc2ccc(F)cc2)cc1. The van der Waals surface area contributed by atoms with E-state index < -0.39 is 0 Å². The first-order chi connectivity index (χ1) is 14.1. The molecule has 0 aliphatic carbocycles. The Kier molecular flexibility index (Phi) is 5.07. The first-order valence-corrected chi connectivity index (χ1v) is 9.00. The molecule has 0 saturated heterocycles. The van der Waals surface area contributed by atoms with Crippen molar-refractivity contribution >= 4 is 11.6 Å². The van der Waals surface area contributed by atoms with E-state index in [0.29, 0.717) is 22.7 Å². The number of methoxy groups -OCH3 is 1. The van der Waals surface area contributed by atoms with Gasteiger partial charge in [-0.05, 0) is 60.7 Å². The van der Waals surface area contributed by atoms with Crippen LogP contribution in [0.1, 0.15) is 10.4 Å². The maximum atomic E-state index is 13.1. The third-order valence-corrected chi connectivity index (χ3v) is 4.45. The highest BCUT2D eigenvalue weighted by Gasteiger charge is 2.19. The molecule has 1 aromatic heterocycles. The molecule has 0 aliphatic heterocycles. The first kappa shape index (κ1) is 18.4. The molecule has 0 spiro atoms. The number of ether oxygens (including phenoxy) is 1. The third kappa shape index (κ3) is 4.01. The lowest BCUT2D eigenvalue weighted by molar-refractivity contribution is 0.102. The Hall–Kier alpha value is -3.93. The van der Waals surface area contributed by atoms with Crippen molar-refractivity contribution in [2.75, 3.05) is 12.4 Å². The lowest BCUT2D eigenvalue weighted by Crippen LogP contribution is -2.12. The number of nitrogens with one attached hydrogen (secondary N) is 1. The number of hydrogen-bond acceptors (Lipinski definition) is 3. The van der Waals surface area contributed by atoms with Crippen molar-refractivity contribution in [2.24, 2.45) is 0 Å². The van der Waals surface area contributed by atoms with Crippen LogP contribution in [0.25, 0.3) is 16.9 Å². The normalized spacial score (nSPS) is 10.6. The van der Waals surface area contributed by atoms with Crippen LogP contribution in [0, 0.1) is 5.82 Å². The van der Waals surface area contributed by atoms with E-state index in [1.807, 2.05) is 54.6 Å². The molecule has 0 radical (unpaired) electrons. The van der Waals surface area contributed by atoms with Crippen molar-refractivity contribution in [3.63, 3.8) is 0 Å². The van der Waals surface area contributed by atoms with Crippen molar-refractivity contribution in [1.82, 2.24) is 9.78 Å². The van der Waals surface area contributed by atoms with Crippen molar-refractivity contribution < 1.29 is 13.9 Å². The molecule has 1 N–H and O–H groups in total. The summed E-state index contributed by atoms with van der Waals surface area (Å²) in [6.45, 7) is 0. The molecule has 3 aromatic carbocycles. The fraction of sp³-hybridized carbons (Fsp3) is 0.0435. The molecule has 4 aromatic rings. The summed E-state index contributed by atoms with van der Waals surface area (Å²) in [4.78, 5) is 13.0. The van der Waals surface area contributed by atoms with Crippen molar-refractivity contribution in [2.45, 2.75) is 0 Å². The summed E-state index contributed by atoms with van der Waals surface area (Å²) in [5.74, 6) is 0.0250. The van der Waals surface area contributed by atoms with Gasteiger partial charge < -0.3 is 10.1 Å². The molecule has 0 fully saturated rings. The predicted molar refractivity (Wildman–Crippen MR) is 110 cm³/mol. The van der Waals surface area contributed by atoms with E-state index in [4.69, 9.17) is 4.74 Å². The summed E-state index contributed by atoms with van der Waals surface area (Å²) in [5.41, 5.74) is 3.07. The molecule has 0 atom stereocenters. The standard InChI is InChI=1S/C23H18FN3O2/c1-29-20-13-7-16(8-14-20)22-21(15-27(26-22)19-5-3-2-4-6-19)23(28)25-18-11-9-17(24)10-12-18/h2-15H,1H3,(H,25,28). The molecule has 0 aliphatic rings. The Bertz CT molecular complexity index is 1120. The van der Waals surface area contributed by atoms with E-state index in [1.54, 1.807) is 18.0 Å². The molecule has 0 unspecified atom stereocenters. The number of nitrogens with zero attached hydrogens (tertiary/aromatic N) is 2. The molecule has 6 heteroatoms. The van der Waals surface area contributed by atoms with E-state index in [2.05, 4.69) is 10.4 Å². The summed E-state index contributed by atoms with van der Waals surface area (Å²) in [7, 11) is 1.60.